The zero-order chi connectivity index (χ0) is 18.7. The third-order valence-corrected chi connectivity index (χ3v) is 6.42. The van der Waals surface area contributed by atoms with Gasteiger partial charge in [0, 0.05) is 50.4 Å². The molecule has 3 fully saturated rings. The summed E-state index contributed by atoms with van der Waals surface area (Å²) in [7, 11) is 0. The van der Waals surface area contributed by atoms with Gasteiger partial charge >= 0.3 is 0 Å². The first-order valence-corrected chi connectivity index (χ1v) is 10.3. The van der Waals surface area contributed by atoms with Gasteiger partial charge in [-0.2, -0.15) is 0 Å². The van der Waals surface area contributed by atoms with Crippen LogP contribution in [0.5, 0.6) is 0 Å². The van der Waals surface area contributed by atoms with Crippen LogP contribution in [0.25, 0.3) is 0 Å². The monoisotopic (exact) mass is 370 g/mol. The average molecular weight is 370 g/mol. The Balaban J connectivity index is 1.40. The van der Waals surface area contributed by atoms with Gasteiger partial charge in [-0.3, -0.25) is 19.5 Å². The second-order valence-electron chi connectivity index (χ2n) is 8.51. The molecule has 0 aliphatic carbocycles. The molecule has 3 saturated heterocycles. The minimum atomic E-state index is 0.0645. The van der Waals surface area contributed by atoms with Crippen LogP contribution in [0.4, 0.5) is 0 Å². The van der Waals surface area contributed by atoms with Crippen LogP contribution in [-0.2, 0) is 16.1 Å². The Labute approximate surface area is 161 Å². The Morgan fingerprint density at radius 1 is 1.11 bits per heavy atom. The number of hydrogen-bond acceptors (Lipinski definition) is 4. The van der Waals surface area contributed by atoms with Gasteiger partial charge < -0.3 is 9.80 Å². The lowest BCUT2D eigenvalue weighted by Gasteiger charge is -2.48. The molecule has 4 heterocycles. The van der Waals surface area contributed by atoms with E-state index in [1.54, 1.807) is 6.20 Å². The van der Waals surface area contributed by atoms with Crippen LogP contribution in [0, 0.1) is 5.41 Å². The maximum Gasteiger partial charge on any atom is 0.236 e. The third kappa shape index (κ3) is 4.32. The topological polar surface area (TPSA) is 56.8 Å². The molecule has 6 heteroatoms. The largest absolute Gasteiger partial charge is 0.341 e. The summed E-state index contributed by atoms with van der Waals surface area (Å²) < 4.78 is 0. The minimum Gasteiger partial charge on any atom is -0.341 e. The summed E-state index contributed by atoms with van der Waals surface area (Å²) in [5, 5.41) is 0. The standard InChI is InChI=1S/C21H30N4O2/c26-19-6-8-21(17-25(19)14-18-5-3-9-22-13-18)7-4-12-24(16-21)20(27)15-23-10-1-2-11-23/h3,5,9,13H,1-2,4,6-8,10-12,14-17H2/t21-/m0/s1. The van der Waals surface area contributed by atoms with Crippen molar-refractivity contribution in [2.75, 3.05) is 39.3 Å². The van der Waals surface area contributed by atoms with Gasteiger partial charge in [0.1, 0.15) is 0 Å². The fourth-order valence-corrected chi connectivity index (χ4v) is 4.94. The first kappa shape index (κ1) is 18.4. The first-order valence-electron chi connectivity index (χ1n) is 10.3. The van der Waals surface area contributed by atoms with Gasteiger partial charge in [-0.1, -0.05) is 6.07 Å². The molecule has 4 rings (SSSR count). The minimum absolute atomic E-state index is 0.0645. The number of likely N-dealkylation sites (tertiary alicyclic amines) is 3. The number of amides is 2. The molecule has 0 saturated carbocycles. The first-order chi connectivity index (χ1) is 13.1. The van der Waals surface area contributed by atoms with Crippen molar-refractivity contribution in [3.63, 3.8) is 0 Å². The summed E-state index contributed by atoms with van der Waals surface area (Å²) in [6.45, 7) is 5.72. The van der Waals surface area contributed by atoms with E-state index in [2.05, 4.69) is 14.8 Å². The Bertz CT molecular complexity index is 674. The van der Waals surface area contributed by atoms with Crippen LogP contribution in [0.2, 0.25) is 0 Å². The summed E-state index contributed by atoms with van der Waals surface area (Å²) in [5.41, 5.74) is 1.13. The molecule has 0 N–H and O–H groups in total. The molecule has 1 aromatic rings. The van der Waals surface area contributed by atoms with E-state index >= 15 is 0 Å². The van der Waals surface area contributed by atoms with Crippen LogP contribution in [-0.4, -0.2) is 70.8 Å². The van der Waals surface area contributed by atoms with Crippen LogP contribution < -0.4 is 0 Å². The summed E-state index contributed by atoms with van der Waals surface area (Å²) in [4.78, 5) is 35.8. The number of carbonyl (C=O) groups is 2. The number of hydrogen-bond donors (Lipinski definition) is 0. The quantitative estimate of drug-likeness (QED) is 0.812. The molecule has 0 unspecified atom stereocenters. The number of nitrogens with zero attached hydrogens (tertiary/aromatic N) is 4. The van der Waals surface area contributed by atoms with Gasteiger partial charge in [-0.25, -0.2) is 0 Å². The molecule has 3 aliphatic rings. The van der Waals surface area contributed by atoms with Gasteiger partial charge in [-0.05, 0) is 56.8 Å². The maximum absolute atomic E-state index is 12.8. The van der Waals surface area contributed by atoms with Crippen molar-refractivity contribution in [1.29, 1.82) is 0 Å². The Morgan fingerprint density at radius 2 is 1.96 bits per heavy atom. The fraction of sp³-hybridized carbons (Fsp3) is 0.667. The van der Waals surface area contributed by atoms with Crippen molar-refractivity contribution in [3.05, 3.63) is 30.1 Å². The molecular weight excluding hydrogens is 340 g/mol. The van der Waals surface area contributed by atoms with Crippen molar-refractivity contribution >= 4 is 11.8 Å². The Kier molecular flexibility index (Phi) is 5.43. The van der Waals surface area contributed by atoms with Crippen molar-refractivity contribution in [2.45, 2.75) is 45.1 Å². The van der Waals surface area contributed by atoms with E-state index < -0.39 is 0 Å². The molecule has 6 nitrogen and oxygen atoms in total. The maximum atomic E-state index is 12.8. The molecule has 1 aromatic heterocycles. The highest BCUT2D eigenvalue weighted by Crippen LogP contribution is 2.39. The van der Waals surface area contributed by atoms with Gasteiger partial charge in [0.2, 0.25) is 11.8 Å². The van der Waals surface area contributed by atoms with Crippen LogP contribution in [0.1, 0.15) is 44.1 Å². The lowest BCUT2D eigenvalue weighted by atomic mass is 9.73. The predicted octanol–water partition coefficient (Wildman–Crippen LogP) is 1.91. The van der Waals surface area contributed by atoms with Crippen LogP contribution >= 0.6 is 0 Å². The molecule has 0 aromatic carbocycles. The van der Waals surface area contributed by atoms with Crippen molar-refractivity contribution in [3.8, 4) is 0 Å². The normalized spacial score (nSPS) is 26.7. The zero-order valence-electron chi connectivity index (χ0n) is 16.1. The molecule has 1 atom stereocenters. The molecule has 0 bridgehead atoms. The lowest BCUT2D eigenvalue weighted by Crippen LogP contribution is -2.55. The van der Waals surface area contributed by atoms with Gasteiger partial charge in [0.15, 0.2) is 0 Å². The number of carbonyl (C=O) groups excluding carboxylic acids is 2. The average Bonchev–Trinajstić information content (AvgIpc) is 3.19. The van der Waals surface area contributed by atoms with Gasteiger partial charge in [-0.15, -0.1) is 0 Å². The molecule has 3 aliphatic heterocycles. The number of pyridine rings is 1. The summed E-state index contributed by atoms with van der Waals surface area (Å²) in [6, 6.07) is 3.94. The molecule has 1 spiro atoms. The molecular formula is C21H30N4O2. The smallest absolute Gasteiger partial charge is 0.236 e. The Morgan fingerprint density at radius 3 is 2.74 bits per heavy atom. The fourth-order valence-electron chi connectivity index (χ4n) is 4.94. The van der Waals surface area contributed by atoms with Crippen LogP contribution in [0.15, 0.2) is 24.5 Å². The van der Waals surface area contributed by atoms with E-state index in [9.17, 15) is 9.59 Å². The summed E-state index contributed by atoms with van der Waals surface area (Å²) in [5.74, 6) is 0.497. The molecule has 146 valence electrons. The SMILES string of the molecule is O=C(CN1CCCC1)N1CCC[C@]2(CCC(=O)N(Cc3cccnc3)C2)C1. The van der Waals surface area contributed by atoms with Gasteiger partial charge in [0.05, 0.1) is 6.54 Å². The van der Waals surface area contributed by atoms with Crippen molar-refractivity contribution in [1.82, 2.24) is 19.7 Å². The molecule has 2 amide bonds. The van der Waals surface area contributed by atoms with E-state index in [1.807, 2.05) is 23.2 Å². The van der Waals surface area contributed by atoms with Crippen LogP contribution in [0.3, 0.4) is 0 Å². The number of aromatic nitrogens is 1. The second kappa shape index (κ2) is 7.97. The predicted molar refractivity (Wildman–Crippen MR) is 103 cm³/mol. The van der Waals surface area contributed by atoms with E-state index in [4.69, 9.17) is 0 Å². The number of piperidine rings is 2. The zero-order valence-corrected chi connectivity index (χ0v) is 16.1. The Hall–Kier alpha value is -1.95. The van der Waals surface area contributed by atoms with E-state index in [-0.39, 0.29) is 17.2 Å². The summed E-state index contributed by atoms with van der Waals surface area (Å²) >= 11 is 0. The van der Waals surface area contributed by atoms with E-state index in [1.165, 1.54) is 12.8 Å². The molecule has 0 radical (unpaired) electrons. The highest BCUT2D eigenvalue weighted by Gasteiger charge is 2.42. The lowest BCUT2D eigenvalue weighted by molar-refractivity contribution is -0.144. The third-order valence-electron chi connectivity index (χ3n) is 6.42. The van der Waals surface area contributed by atoms with Crippen molar-refractivity contribution < 1.29 is 9.59 Å². The summed E-state index contributed by atoms with van der Waals surface area (Å²) in [6.07, 6.45) is 9.66. The van der Waals surface area contributed by atoms with E-state index in [0.29, 0.717) is 19.5 Å². The highest BCUT2D eigenvalue weighted by atomic mass is 16.2. The highest BCUT2D eigenvalue weighted by molar-refractivity contribution is 5.79. The molecule has 27 heavy (non-hydrogen) atoms. The van der Waals surface area contributed by atoms with Gasteiger partial charge in [0.25, 0.3) is 0 Å². The van der Waals surface area contributed by atoms with Crippen molar-refractivity contribution in [2.24, 2.45) is 5.41 Å². The number of rotatable bonds is 4. The second-order valence-corrected chi connectivity index (χ2v) is 8.51. The van der Waals surface area contributed by atoms with E-state index in [0.717, 1.165) is 57.5 Å².